The van der Waals surface area contributed by atoms with Gasteiger partial charge in [-0.3, -0.25) is 23.7 Å². The zero-order chi connectivity index (χ0) is 28.8. The van der Waals surface area contributed by atoms with Crippen LogP contribution in [-0.2, 0) is 20.9 Å². The molecule has 41 heavy (non-hydrogen) atoms. The number of fused-ring (bicyclic) bond motifs is 2. The Labute approximate surface area is 250 Å². The molecule has 6 rings (SSSR count). The maximum Gasteiger partial charge on any atom is 0.308 e. The molecule has 12 heteroatoms. The molecule has 3 aromatic carbocycles. The normalized spacial score (nSPS) is 19.6. The van der Waals surface area contributed by atoms with Gasteiger partial charge in [0, 0.05) is 21.0 Å². The van der Waals surface area contributed by atoms with E-state index in [0.29, 0.717) is 21.3 Å². The largest absolute Gasteiger partial charge is 0.497 e. The number of carbonyl (C=O) groups excluding carboxylic acids is 3. The summed E-state index contributed by atoms with van der Waals surface area (Å²) in [5, 5.41) is 2.44. The number of thioether (sulfide) groups is 1. The maximum absolute atomic E-state index is 13.8. The summed E-state index contributed by atoms with van der Waals surface area (Å²) in [6.07, 6.45) is 0. The number of imide groups is 1. The van der Waals surface area contributed by atoms with E-state index in [-0.39, 0.29) is 17.1 Å². The number of nitrogens with zero attached hydrogens (tertiary/aromatic N) is 2. The van der Waals surface area contributed by atoms with Crippen molar-refractivity contribution in [1.82, 2.24) is 4.57 Å². The summed E-state index contributed by atoms with van der Waals surface area (Å²) in [5.41, 5.74) is 1.59. The van der Waals surface area contributed by atoms with Crippen LogP contribution >= 0.6 is 39.0 Å². The average molecular weight is 655 g/mol. The Morgan fingerprint density at radius 2 is 1.66 bits per heavy atom. The molecule has 208 valence electrons. The molecular weight excluding hydrogens is 633 g/mol. The van der Waals surface area contributed by atoms with Gasteiger partial charge in [-0.05, 0) is 66.2 Å². The molecule has 0 aliphatic carbocycles. The highest BCUT2D eigenvalue weighted by molar-refractivity contribution is 9.10. The highest BCUT2D eigenvalue weighted by Crippen LogP contribution is 2.54. The van der Waals surface area contributed by atoms with Crippen molar-refractivity contribution in [2.45, 2.75) is 22.7 Å². The summed E-state index contributed by atoms with van der Waals surface area (Å²) in [4.78, 5) is 55.2. The van der Waals surface area contributed by atoms with E-state index in [2.05, 4.69) is 21.2 Å². The van der Waals surface area contributed by atoms with E-state index in [1.807, 2.05) is 24.3 Å². The second-order valence-corrected chi connectivity index (χ2v) is 12.5. The van der Waals surface area contributed by atoms with E-state index in [0.717, 1.165) is 38.0 Å². The van der Waals surface area contributed by atoms with E-state index >= 15 is 0 Å². The van der Waals surface area contributed by atoms with Gasteiger partial charge in [-0.25, -0.2) is 9.29 Å². The van der Waals surface area contributed by atoms with Crippen molar-refractivity contribution in [3.63, 3.8) is 0 Å². The molecule has 1 N–H and O–H groups in total. The number of rotatable bonds is 6. The standard InChI is InChI=1S/C29H21BrFN3O5S2/c1-39-20-12-8-18(9-13-20)32-21(35)14-33-28-25(41-29(33)38)22(15-2-4-16(30)5-3-15)23-24(40-28)27(37)34(26(23)36)19-10-6-17(31)7-11-19/h2-13,22-24H,14H2,1H3,(H,32,35). The van der Waals surface area contributed by atoms with Gasteiger partial charge in [0.1, 0.15) is 23.4 Å². The van der Waals surface area contributed by atoms with E-state index in [4.69, 9.17) is 4.74 Å². The van der Waals surface area contributed by atoms with E-state index in [1.54, 1.807) is 31.4 Å². The average Bonchev–Trinajstić information content (AvgIpc) is 3.40. The molecule has 2 aliphatic heterocycles. The molecule has 3 heterocycles. The van der Waals surface area contributed by atoms with Gasteiger partial charge in [0.05, 0.1) is 23.7 Å². The van der Waals surface area contributed by atoms with Crippen molar-refractivity contribution < 1.29 is 23.5 Å². The summed E-state index contributed by atoms with van der Waals surface area (Å²) in [5.74, 6) is -2.49. The van der Waals surface area contributed by atoms with E-state index in [9.17, 15) is 23.6 Å². The first-order chi connectivity index (χ1) is 19.7. The van der Waals surface area contributed by atoms with Crippen LogP contribution in [0.15, 0.2) is 87.1 Å². The minimum absolute atomic E-state index is 0.266. The SMILES string of the molecule is COc1ccc(NC(=O)Cn2c3c(sc2=O)C(c2ccc(Br)cc2)C2C(=O)N(c4ccc(F)cc4)C(=O)C2S3)cc1. The van der Waals surface area contributed by atoms with Gasteiger partial charge in [-0.1, -0.05) is 51.2 Å². The van der Waals surface area contributed by atoms with E-state index in [1.165, 1.54) is 28.8 Å². The maximum atomic E-state index is 13.8. The fourth-order valence-corrected chi connectivity index (χ4v) is 8.19. The van der Waals surface area contributed by atoms with Gasteiger partial charge in [0.15, 0.2) is 0 Å². The van der Waals surface area contributed by atoms with Crippen LogP contribution in [0.4, 0.5) is 15.8 Å². The second-order valence-electron chi connectivity index (χ2n) is 9.48. The van der Waals surface area contributed by atoms with Crippen LogP contribution in [0.1, 0.15) is 16.4 Å². The predicted octanol–water partition coefficient (Wildman–Crippen LogP) is 5.25. The van der Waals surface area contributed by atoms with Gasteiger partial charge in [0.25, 0.3) is 0 Å². The van der Waals surface area contributed by atoms with Crippen LogP contribution < -0.4 is 19.8 Å². The molecule has 4 aromatic rings. The number of amides is 3. The molecule has 1 saturated heterocycles. The molecule has 3 amide bonds. The third kappa shape index (κ3) is 5.00. The van der Waals surface area contributed by atoms with Crippen molar-refractivity contribution in [1.29, 1.82) is 0 Å². The van der Waals surface area contributed by atoms with Crippen LogP contribution in [0, 0.1) is 11.7 Å². The Bertz CT molecular complexity index is 1720. The van der Waals surface area contributed by atoms with Crippen LogP contribution in [-0.4, -0.2) is 34.6 Å². The van der Waals surface area contributed by atoms with Gasteiger partial charge in [0.2, 0.25) is 17.7 Å². The first-order valence-electron chi connectivity index (χ1n) is 12.5. The zero-order valence-corrected chi connectivity index (χ0v) is 24.6. The van der Waals surface area contributed by atoms with Gasteiger partial charge < -0.3 is 10.1 Å². The smallest absolute Gasteiger partial charge is 0.308 e. The lowest BCUT2D eigenvalue weighted by atomic mass is 9.83. The van der Waals surface area contributed by atoms with Crippen molar-refractivity contribution in [3.8, 4) is 5.75 Å². The quantitative estimate of drug-likeness (QED) is 0.285. The molecule has 2 aliphatic rings. The zero-order valence-electron chi connectivity index (χ0n) is 21.4. The molecule has 0 spiro atoms. The van der Waals surface area contributed by atoms with Crippen molar-refractivity contribution >= 4 is 68.1 Å². The van der Waals surface area contributed by atoms with Crippen LogP contribution in [0.25, 0.3) is 0 Å². The molecule has 3 atom stereocenters. The lowest BCUT2D eigenvalue weighted by Gasteiger charge is -2.30. The fourth-order valence-electron chi connectivity index (χ4n) is 5.15. The Hall–Kier alpha value is -3.74. The molecule has 0 saturated carbocycles. The number of hydrogen-bond donors (Lipinski definition) is 1. The molecule has 1 aromatic heterocycles. The van der Waals surface area contributed by atoms with Crippen molar-refractivity contribution in [3.05, 3.63) is 103 Å². The summed E-state index contributed by atoms with van der Waals surface area (Å²) in [7, 11) is 1.55. The van der Waals surface area contributed by atoms with Gasteiger partial charge in [-0.15, -0.1) is 0 Å². The summed E-state index contributed by atoms with van der Waals surface area (Å²) in [6, 6.07) is 19.4. The van der Waals surface area contributed by atoms with Crippen LogP contribution in [0.5, 0.6) is 5.75 Å². The number of thiazole rings is 1. The molecule has 0 bridgehead atoms. The number of halogens is 2. The Morgan fingerprint density at radius 3 is 2.32 bits per heavy atom. The first-order valence-corrected chi connectivity index (χ1v) is 15.0. The summed E-state index contributed by atoms with van der Waals surface area (Å²) in [6.45, 7) is -0.266. The number of carbonyl (C=O) groups is 3. The number of ether oxygens (including phenoxy) is 1. The number of hydrogen-bond acceptors (Lipinski definition) is 7. The number of nitrogens with one attached hydrogen (secondary N) is 1. The minimum atomic E-state index is -0.835. The minimum Gasteiger partial charge on any atom is -0.497 e. The van der Waals surface area contributed by atoms with Crippen molar-refractivity contribution in [2.75, 3.05) is 17.3 Å². The summed E-state index contributed by atoms with van der Waals surface area (Å²) < 4.78 is 21.0. The number of aromatic nitrogens is 1. The Balaban J connectivity index is 1.38. The van der Waals surface area contributed by atoms with Crippen LogP contribution in [0.2, 0.25) is 0 Å². The first kappa shape index (κ1) is 27.4. The molecule has 0 radical (unpaired) electrons. The molecule has 8 nitrogen and oxygen atoms in total. The lowest BCUT2D eigenvalue weighted by molar-refractivity contribution is -0.122. The topological polar surface area (TPSA) is 97.7 Å². The monoisotopic (exact) mass is 653 g/mol. The summed E-state index contributed by atoms with van der Waals surface area (Å²) >= 11 is 5.54. The molecule has 3 unspecified atom stereocenters. The molecule has 1 fully saturated rings. The van der Waals surface area contributed by atoms with Gasteiger partial charge >= 0.3 is 4.87 Å². The third-order valence-corrected chi connectivity index (χ3v) is 10.2. The number of benzene rings is 3. The fraction of sp³-hybridized carbons (Fsp3) is 0.172. The Morgan fingerprint density at radius 1 is 0.976 bits per heavy atom. The lowest BCUT2D eigenvalue weighted by Crippen LogP contribution is -2.33. The van der Waals surface area contributed by atoms with Crippen molar-refractivity contribution in [2.24, 2.45) is 5.92 Å². The second kappa shape index (κ2) is 10.9. The van der Waals surface area contributed by atoms with Gasteiger partial charge in [-0.2, -0.15) is 0 Å². The van der Waals surface area contributed by atoms with E-state index < -0.39 is 40.6 Å². The number of anilines is 2. The third-order valence-electron chi connectivity index (χ3n) is 7.04. The highest BCUT2D eigenvalue weighted by Gasteiger charge is 2.56. The molecular formula is C29H21BrFN3O5S2. The number of methoxy groups -OCH3 is 1. The van der Waals surface area contributed by atoms with Crippen LogP contribution in [0.3, 0.4) is 0 Å². The highest BCUT2D eigenvalue weighted by atomic mass is 79.9. The predicted molar refractivity (Wildman–Crippen MR) is 158 cm³/mol. The Kier molecular flexibility index (Phi) is 7.30.